The van der Waals surface area contributed by atoms with Crippen LogP contribution in [0.2, 0.25) is 0 Å². The van der Waals surface area contributed by atoms with Gasteiger partial charge in [-0.3, -0.25) is 9.59 Å². The highest BCUT2D eigenvalue weighted by molar-refractivity contribution is 6.01. The normalized spacial score (nSPS) is 46.7. The molecule has 5 aliphatic rings. The summed E-state index contributed by atoms with van der Waals surface area (Å²) in [6.07, 6.45) is 10.2. The minimum atomic E-state index is -1.61. The summed E-state index contributed by atoms with van der Waals surface area (Å²) in [5.41, 5.74) is -2.08. The first kappa shape index (κ1) is 27.6. The molecule has 0 spiro atoms. The van der Waals surface area contributed by atoms with Crippen molar-refractivity contribution in [3.8, 4) is 6.07 Å². The Kier molecular flexibility index (Phi) is 5.86. The van der Waals surface area contributed by atoms with E-state index in [1.54, 1.807) is 6.08 Å². The largest absolute Gasteiger partial charge is 0.381 e. The predicted molar refractivity (Wildman–Crippen MR) is 149 cm³/mol. The molecule has 0 heterocycles. The van der Waals surface area contributed by atoms with Gasteiger partial charge in [0.05, 0.1) is 11.5 Å². The van der Waals surface area contributed by atoms with Gasteiger partial charge >= 0.3 is 0 Å². The second-order valence-electron chi connectivity index (χ2n) is 15.6. The van der Waals surface area contributed by atoms with Gasteiger partial charge in [-0.2, -0.15) is 5.26 Å². The van der Waals surface area contributed by atoms with Crippen LogP contribution in [0.15, 0.2) is 23.3 Å². The van der Waals surface area contributed by atoms with Crippen molar-refractivity contribution in [2.45, 2.75) is 112 Å². The van der Waals surface area contributed by atoms with Crippen LogP contribution in [0.25, 0.3) is 0 Å². The van der Waals surface area contributed by atoms with Gasteiger partial charge in [0.1, 0.15) is 5.60 Å². The van der Waals surface area contributed by atoms with Gasteiger partial charge in [-0.25, -0.2) is 0 Å². The summed E-state index contributed by atoms with van der Waals surface area (Å²) in [5, 5.41) is 26.0. The van der Waals surface area contributed by atoms with E-state index in [-0.39, 0.29) is 22.5 Å². The summed E-state index contributed by atoms with van der Waals surface area (Å²) in [5.74, 6) is -0.318. The zero-order valence-corrected chi connectivity index (χ0v) is 24.9. The number of hydrogen-bond donors (Lipinski definition) is 2. The molecule has 5 nitrogen and oxygen atoms in total. The molecule has 0 bridgehead atoms. The molecule has 0 aliphatic heterocycles. The van der Waals surface area contributed by atoms with E-state index in [0.29, 0.717) is 38.1 Å². The van der Waals surface area contributed by atoms with E-state index in [1.807, 2.05) is 6.92 Å². The molecular formula is C33H48N2O3. The Labute approximate surface area is 229 Å². The van der Waals surface area contributed by atoms with E-state index in [0.717, 1.165) is 36.8 Å². The zero-order chi connectivity index (χ0) is 28.2. The Balaban J connectivity index is 1.73. The molecule has 208 valence electrons. The van der Waals surface area contributed by atoms with Crippen molar-refractivity contribution in [1.29, 1.82) is 5.26 Å². The molecule has 5 heteroatoms. The van der Waals surface area contributed by atoms with E-state index < -0.39 is 33.2 Å². The van der Waals surface area contributed by atoms with Crippen molar-refractivity contribution in [1.82, 2.24) is 5.32 Å². The Morgan fingerprint density at radius 1 is 1.05 bits per heavy atom. The predicted octanol–water partition coefficient (Wildman–Crippen LogP) is 6.28. The standard InChI is InChI=1S/C33H48N2O3/c1-9-35-26(37)32-14-12-27(2,3)19-24(32)33(38)25(36)16-23-29(6)18-21(20-34)17-28(4,5)22(29)10-11-30(23,7)31(33,8)13-15-32/h16,18,22,24,38H,9-15,17,19H2,1-8H3,(H,35,37). The van der Waals surface area contributed by atoms with Gasteiger partial charge in [-0.1, -0.05) is 54.5 Å². The zero-order valence-electron chi connectivity index (χ0n) is 24.9. The summed E-state index contributed by atoms with van der Waals surface area (Å²) < 4.78 is 0. The third-order valence-electron chi connectivity index (χ3n) is 12.8. The number of nitrogens with zero attached hydrogens (tertiary/aromatic N) is 1. The highest BCUT2D eigenvalue weighted by Gasteiger charge is 2.76. The summed E-state index contributed by atoms with van der Waals surface area (Å²) in [6, 6.07) is 2.44. The van der Waals surface area contributed by atoms with E-state index in [1.165, 1.54) is 0 Å². The van der Waals surface area contributed by atoms with Gasteiger partial charge in [0.25, 0.3) is 0 Å². The first-order valence-electron chi connectivity index (χ1n) is 14.9. The number of amides is 1. The van der Waals surface area contributed by atoms with Crippen LogP contribution in [0, 0.1) is 55.7 Å². The van der Waals surface area contributed by atoms with Gasteiger partial charge < -0.3 is 10.4 Å². The maximum atomic E-state index is 14.5. The second kappa shape index (κ2) is 8.06. The molecule has 2 N–H and O–H groups in total. The summed E-state index contributed by atoms with van der Waals surface area (Å²) in [6.45, 7) is 18.1. The number of nitriles is 1. The Morgan fingerprint density at radius 2 is 1.71 bits per heavy atom. The number of hydrogen-bond acceptors (Lipinski definition) is 4. The van der Waals surface area contributed by atoms with Crippen molar-refractivity contribution in [2.75, 3.05) is 6.54 Å². The fourth-order valence-electron chi connectivity index (χ4n) is 10.6. The molecule has 5 rings (SSSR count). The Morgan fingerprint density at radius 3 is 2.34 bits per heavy atom. The molecular weight excluding hydrogens is 472 g/mol. The second-order valence-corrected chi connectivity index (χ2v) is 15.6. The number of ketones is 1. The molecule has 1 amide bonds. The molecule has 3 saturated carbocycles. The number of rotatable bonds is 2. The van der Waals surface area contributed by atoms with Gasteiger partial charge in [0.2, 0.25) is 5.91 Å². The Hall–Kier alpha value is -1.93. The molecule has 38 heavy (non-hydrogen) atoms. The molecule has 0 saturated heterocycles. The highest BCUT2D eigenvalue weighted by atomic mass is 16.3. The lowest BCUT2D eigenvalue weighted by atomic mass is 9.32. The van der Waals surface area contributed by atoms with Crippen LogP contribution in [-0.2, 0) is 9.59 Å². The fraction of sp³-hybridized carbons (Fsp3) is 0.788. The minimum absolute atomic E-state index is 0.00926. The molecule has 0 aromatic heterocycles. The van der Waals surface area contributed by atoms with Crippen LogP contribution in [0.4, 0.5) is 0 Å². The average Bonchev–Trinajstić information content (AvgIpc) is 2.82. The lowest BCUT2D eigenvalue weighted by Gasteiger charge is -2.71. The van der Waals surface area contributed by atoms with Crippen molar-refractivity contribution in [2.24, 2.45) is 44.3 Å². The maximum Gasteiger partial charge on any atom is 0.226 e. The Bertz CT molecular complexity index is 1190. The van der Waals surface area contributed by atoms with Crippen LogP contribution in [-0.4, -0.2) is 28.9 Å². The highest BCUT2D eigenvalue weighted by Crippen LogP contribution is 2.75. The minimum Gasteiger partial charge on any atom is -0.381 e. The monoisotopic (exact) mass is 520 g/mol. The van der Waals surface area contributed by atoms with Crippen LogP contribution < -0.4 is 5.32 Å². The number of aliphatic hydroxyl groups is 1. The third kappa shape index (κ3) is 3.19. The number of carbonyl (C=O) groups excluding carboxylic acids is 2. The fourth-order valence-corrected chi connectivity index (χ4v) is 10.6. The number of allylic oxidation sites excluding steroid dienone is 3. The van der Waals surface area contributed by atoms with Crippen LogP contribution >= 0.6 is 0 Å². The lowest BCUT2D eigenvalue weighted by Crippen LogP contribution is -2.75. The summed E-state index contributed by atoms with van der Waals surface area (Å²) in [4.78, 5) is 28.3. The molecule has 7 atom stereocenters. The molecule has 0 aromatic rings. The number of fused-ring (bicyclic) bond motifs is 7. The van der Waals surface area contributed by atoms with Crippen molar-refractivity contribution < 1.29 is 14.7 Å². The average molecular weight is 521 g/mol. The van der Waals surface area contributed by atoms with Crippen LogP contribution in [0.5, 0.6) is 0 Å². The SMILES string of the molecule is CCNC(=O)C12CCC(C)(C)CC1C1(O)C(=O)C=C3C4(C)C=C(C#N)CC(C)(C)C4CCC3(C)C1(C)CC2. The van der Waals surface area contributed by atoms with Crippen molar-refractivity contribution in [3.05, 3.63) is 23.3 Å². The van der Waals surface area contributed by atoms with Gasteiger partial charge in [-0.05, 0) is 92.1 Å². The molecule has 7 unspecified atom stereocenters. The number of nitrogens with one attached hydrogen (secondary N) is 1. The summed E-state index contributed by atoms with van der Waals surface area (Å²) >= 11 is 0. The smallest absolute Gasteiger partial charge is 0.226 e. The van der Waals surface area contributed by atoms with Gasteiger partial charge in [0, 0.05) is 28.9 Å². The summed E-state index contributed by atoms with van der Waals surface area (Å²) in [7, 11) is 0. The van der Waals surface area contributed by atoms with E-state index in [9.17, 15) is 20.0 Å². The van der Waals surface area contributed by atoms with Crippen LogP contribution in [0.3, 0.4) is 0 Å². The molecule has 3 fully saturated rings. The topological polar surface area (TPSA) is 90.2 Å². The van der Waals surface area contributed by atoms with E-state index >= 15 is 0 Å². The van der Waals surface area contributed by atoms with Crippen molar-refractivity contribution in [3.63, 3.8) is 0 Å². The van der Waals surface area contributed by atoms with Gasteiger partial charge in [-0.15, -0.1) is 0 Å². The van der Waals surface area contributed by atoms with E-state index in [4.69, 9.17) is 0 Å². The first-order chi connectivity index (χ1) is 17.5. The molecule has 5 aliphatic carbocycles. The third-order valence-corrected chi connectivity index (χ3v) is 12.8. The number of carbonyl (C=O) groups is 2. The van der Waals surface area contributed by atoms with Crippen molar-refractivity contribution >= 4 is 11.7 Å². The first-order valence-corrected chi connectivity index (χ1v) is 14.9. The van der Waals surface area contributed by atoms with E-state index in [2.05, 4.69) is 65.9 Å². The lowest BCUT2D eigenvalue weighted by molar-refractivity contribution is -0.243. The van der Waals surface area contributed by atoms with Gasteiger partial charge in [0.15, 0.2) is 5.78 Å². The molecule has 0 aromatic carbocycles. The molecule has 0 radical (unpaired) electrons. The van der Waals surface area contributed by atoms with Crippen LogP contribution in [0.1, 0.15) is 107 Å². The maximum absolute atomic E-state index is 14.5. The quantitative estimate of drug-likeness (QED) is 0.448.